The molecule has 11 rings (SSSR count). The zero-order chi connectivity index (χ0) is 46.2. The Kier molecular flexibility index (Phi) is 10.7. The van der Waals surface area contributed by atoms with Crippen LogP contribution in [0.1, 0.15) is 95.5 Å². The molecule has 7 aromatic carbocycles. The summed E-state index contributed by atoms with van der Waals surface area (Å²) in [6.07, 6.45) is 4.04. The van der Waals surface area contributed by atoms with Crippen molar-refractivity contribution >= 4 is 32.8 Å². The number of ether oxygens (including phenoxy) is 1. The van der Waals surface area contributed by atoms with Gasteiger partial charge in [-0.2, -0.15) is 0 Å². The fourth-order valence-corrected chi connectivity index (χ4v) is 11.5. The molecule has 0 saturated heterocycles. The molecule has 10 aromatic rings. The molecule has 0 amide bonds. The maximum atomic E-state index is 6.95. The minimum absolute atomic E-state index is 0.00820. The predicted molar refractivity (Wildman–Crippen MR) is 274 cm³/mol. The molecule has 2 unspecified atom stereocenters. The van der Waals surface area contributed by atoms with Crippen molar-refractivity contribution in [2.45, 2.75) is 84.1 Å². The van der Waals surface area contributed by atoms with E-state index in [1.807, 2.05) is 6.20 Å². The predicted octanol–water partition coefficient (Wildman–Crippen LogP) is 16.2. The molecule has 2 atom stereocenters. The van der Waals surface area contributed by atoms with Crippen LogP contribution in [0, 0.1) is 3.80 Å². The second-order valence-corrected chi connectivity index (χ2v) is 21.4. The number of hydrogen-bond acceptors (Lipinski definition) is 2. The van der Waals surface area contributed by atoms with Crippen LogP contribution >= 0.6 is 0 Å². The average Bonchev–Trinajstić information content (AvgIpc) is 3.82. The SMILES string of the molecule is CC1CCC(n2[c](=[Pt])n(-c3c(-c4ccccc4)cc(C(C)(C)C)cc3-c3ccccc3)c3ccccc32)c2cc(Oc3ccc4c5ccccc5n(-c5cc(C(C)(C)C)ccn5)c4c3)ccc21. The Bertz CT molecular complexity index is 3500. The first kappa shape index (κ1) is 43.0. The van der Waals surface area contributed by atoms with Crippen LogP contribution in [0.4, 0.5) is 0 Å². The molecule has 67 heavy (non-hydrogen) atoms. The Balaban J connectivity index is 1.07. The van der Waals surface area contributed by atoms with Crippen LogP contribution in [0.2, 0.25) is 0 Å². The Labute approximate surface area is 404 Å². The van der Waals surface area contributed by atoms with Crippen LogP contribution < -0.4 is 4.74 Å². The standard InChI is InChI=1S/C61H56N4O.Pt/c1-40-26-31-53(52-37-45(27-29-47(40)52)66-46-28-30-49-48-22-14-15-23-54(48)65(57(49)38-46)58-36-43(32-33-62-58)60(2,3)4)63-39-64(56-25-17-16-24-55(56)63)59-50(41-18-10-8-11-19-41)34-44(61(5,6)7)35-51(59)42-20-12-9-13-21-42;/h8-25,27-30,32-38,40,53H,26,31H2,1-7H3;. The van der Waals surface area contributed by atoms with Crippen molar-refractivity contribution < 1.29 is 24.1 Å². The molecule has 0 aliphatic heterocycles. The molecular formula is C61H56N4OPt. The zero-order valence-electron chi connectivity index (χ0n) is 39.3. The number of para-hydroxylation sites is 3. The summed E-state index contributed by atoms with van der Waals surface area (Å²) in [5.41, 5.74) is 15.8. The number of fused-ring (bicyclic) bond motifs is 5. The Hall–Kier alpha value is -6.55. The Morgan fingerprint density at radius 2 is 1.10 bits per heavy atom. The number of benzene rings is 7. The van der Waals surface area contributed by atoms with E-state index in [9.17, 15) is 0 Å². The van der Waals surface area contributed by atoms with Crippen molar-refractivity contribution in [3.63, 3.8) is 0 Å². The van der Waals surface area contributed by atoms with Gasteiger partial charge in [-0.15, -0.1) is 0 Å². The number of aromatic nitrogens is 4. The van der Waals surface area contributed by atoms with E-state index in [2.05, 4.69) is 251 Å². The summed E-state index contributed by atoms with van der Waals surface area (Å²) in [7, 11) is 0. The third-order valence-corrected chi connectivity index (χ3v) is 15.0. The molecule has 6 heteroatoms. The fraction of sp³-hybridized carbons (Fsp3) is 0.213. The van der Waals surface area contributed by atoms with Gasteiger partial charge in [0.2, 0.25) is 0 Å². The van der Waals surface area contributed by atoms with Crippen molar-refractivity contribution in [1.29, 1.82) is 0 Å². The number of imidazole rings is 1. The first-order chi connectivity index (χ1) is 32.3. The van der Waals surface area contributed by atoms with Gasteiger partial charge < -0.3 is 0 Å². The number of rotatable bonds is 7. The van der Waals surface area contributed by atoms with E-state index < -0.39 is 0 Å². The number of hydrogen-bond donors (Lipinski definition) is 0. The van der Waals surface area contributed by atoms with Gasteiger partial charge in [-0.3, -0.25) is 0 Å². The number of pyridine rings is 1. The van der Waals surface area contributed by atoms with Crippen molar-refractivity contribution in [3.05, 3.63) is 202 Å². The molecular weight excluding hydrogens is 1000 g/mol. The van der Waals surface area contributed by atoms with Crippen LogP contribution in [0.25, 0.3) is 66.6 Å². The first-order valence-corrected chi connectivity index (χ1v) is 24.8. The van der Waals surface area contributed by atoms with Crippen molar-refractivity contribution in [2.75, 3.05) is 0 Å². The van der Waals surface area contributed by atoms with Gasteiger partial charge in [0.1, 0.15) is 0 Å². The molecule has 336 valence electrons. The summed E-state index contributed by atoms with van der Waals surface area (Å²) in [6, 6.07) is 62.1. The normalized spacial score (nSPS) is 15.4. The molecule has 1 aliphatic rings. The maximum absolute atomic E-state index is 6.95. The third kappa shape index (κ3) is 7.62. The molecule has 0 spiro atoms. The van der Waals surface area contributed by atoms with Gasteiger partial charge in [0.05, 0.1) is 0 Å². The summed E-state index contributed by atoms with van der Waals surface area (Å²) in [6.45, 7) is 16.1. The van der Waals surface area contributed by atoms with E-state index in [1.165, 1.54) is 75.8 Å². The van der Waals surface area contributed by atoms with Crippen LogP contribution in [0.3, 0.4) is 0 Å². The minimum atomic E-state index is -0.0563. The Morgan fingerprint density at radius 3 is 1.78 bits per heavy atom. The van der Waals surface area contributed by atoms with E-state index in [1.54, 1.807) is 0 Å². The summed E-state index contributed by atoms with van der Waals surface area (Å²) in [4.78, 5) is 4.92. The molecule has 0 fully saturated rings. The van der Waals surface area contributed by atoms with Gasteiger partial charge in [-0.05, 0) is 29.2 Å². The Morgan fingerprint density at radius 1 is 0.522 bits per heavy atom. The van der Waals surface area contributed by atoms with Crippen LogP contribution in [0.15, 0.2) is 176 Å². The molecule has 0 N–H and O–H groups in total. The first-order valence-electron chi connectivity index (χ1n) is 23.6. The van der Waals surface area contributed by atoms with E-state index >= 15 is 0 Å². The third-order valence-electron chi connectivity index (χ3n) is 14.0. The van der Waals surface area contributed by atoms with E-state index in [-0.39, 0.29) is 16.9 Å². The molecule has 0 radical (unpaired) electrons. The zero-order valence-corrected chi connectivity index (χ0v) is 41.6. The van der Waals surface area contributed by atoms with Crippen LogP contribution in [-0.4, -0.2) is 18.7 Å². The average molecular weight is 1060 g/mol. The topological polar surface area (TPSA) is 36.9 Å². The van der Waals surface area contributed by atoms with Crippen molar-refractivity contribution in [2.24, 2.45) is 0 Å². The van der Waals surface area contributed by atoms with Crippen molar-refractivity contribution in [3.8, 4) is 45.3 Å². The molecule has 3 heterocycles. The quantitative estimate of drug-likeness (QED) is 0.159. The van der Waals surface area contributed by atoms with Gasteiger partial charge in [-0.25, -0.2) is 4.98 Å². The van der Waals surface area contributed by atoms with Crippen molar-refractivity contribution in [1.82, 2.24) is 18.7 Å². The van der Waals surface area contributed by atoms with Gasteiger partial charge >= 0.3 is 328 Å². The van der Waals surface area contributed by atoms with Gasteiger partial charge in [-0.1, -0.05) is 39.0 Å². The number of nitrogens with zero attached hydrogens (tertiary/aromatic N) is 4. The van der Waals surface area contributed by atoms with E-state index in [0.29, 0.717) is 5.92 Å². The molecule has 0 bridgehead atoms. The molecule has 1 aliphatic carbocycles. The summed E-state index contributed by atoms with van der Waals surface area (Å²) >= 11 is 2.62. The summed E-state index contributed by atoms with van der Waals surface area (Å²) < 4.78 is 15.5. The molecule has 5 nitrogen and oxygen atoms in total. The van der Waals surface area contributed by atoms with E-state index in [4.69, 9.17) is 9.72 Å². The van der Waals surface area contributed by atoms with Gasteiger partial charge in [0.25, 0.3) is 0 Å². The van der Waals surface area contributed by atoms with Gasteiger partial charge in [0, 0.05) is 6.20 Å². The summed E-state index contributed by atoms with van der Waals surface area (Å²) in [5.74, 6) is 2.96. The van der Waals surface area contributed by atoms with Crippen LogP contribution in [0.5, 0.6) is 11.5 Å². The molecule has 3 aromatic heterocycles. The fourth-order valence-electron chi connectivity index (χ4n) is 10.4. The van der Waals surface area contributed by atoms with Crippen LogP contribution in [-0.2, 0) is 30.2 Å². The monoisotopic (exact) mass is 1060 g/mol. The second-order valence-electron chi connectivity index (χ2n) is 20.4. The summed E-state index contributed by atoms with van der Waals surface area (Å²) in [5, 5.41) is 2.37. The van der Waals surface area contributed by atoms with Gasteiger partial charge in [0.15, 0.2) is 0 Å². The second kappa shape index (κ2) is 16.6. The van der Waals surface area contributed by atoms with E-state index in [0.717, 1.165) is 41.2 Å². The molecule has 0 saturated carbocycles.